The monoisotopic (exact) mass is 448 g/mol. The van der Waals surface area contributed by atoms with Crippen molar-refractivity contribution in [2.24, 2.45) is 0 Å². The molecular formula is C18H13Cl2F3N2O4. The molecule has 0 radical (unpaired) electrons. The largest absolute Gasteiger partial charge is 0.477 e. The summed E-state index contributed by atoms with van der Waals surface area (Å²) in [6.45, 7) is -0.566. The van der Waals surface area contributed by atoms with Gasteiger partial charge in [0.25, 0.3) is 5.69 Å². The van der Waals surface area contributed by atoms with Gasteiger partial charge in [-0.05, 0) is 42.3 Å². The van der Waals surface area contributed by atoms with E-state index in [0.717, 1.165) is 12.1 Å². The number of nitrogens with zero attached hydrogens (tertiary/aromatic N) is 2. The van der Waals surface area contributed by atoms with E-state index >= 15 is 0 Å². The Kier molecular flexibility index (Phi) is 5.40. The predicted molar refractivity (Wildman–Crippen MR) is 101 cm³/mol. The second-order valence-electron chi connectivity index (χ2n) is 6.67. The van der Waals surface area contributed by atoms with Crippen molar-refractivity contribution in [1.29, 1.82) is 0 Å². The number of nitro groups is 1. The average molecular weight is 449 g/mol. The molecule has 1 aliphatic heterocycles. The highest BCUT2D eigenvalue weighted by Crippen LogP contribution is 2.49. The molecule has 0 aromatic heterocycles. The van der Waals surface area contributed by atoms with Crippen LogP contribution in [0.5, 0.6) is 0 Å². The number of aromatic carboxylic acids is 1. The quantitative estimate of drug-likeness (QED) is 0.505. The first-order valence-electron chi connectivity index (χ1n) is 8.24. The molecule has 154 valence electrons. The lowest BCUT2D eigenvalue weighted by molar-refractivity contribution is -0.385. The zero-order valence-corrected chi connectivity index (χ0v) is 16.1. The number of hydrogen-bond donors (Lipinski definition) is 1. The summed E-state index contributed by atoms with van der Waals surface area (Å²) < 4.78 is 42.4. The lowest BCUT2D eigenvalue weighted by atomic mass is 9.79. The van der Waals surface area contributed by atoms with Gasteiger partial charge in [-0.1, -0.05) is 23.2 Å². The molecule has 1 aliphatic rings. The van der Waals surface area contributed by atoms with Gasteiger partial charge >= 0.3 is 12.1 Å². The highest BCUT2D eigenvalue weighted by atomic mass is 35.5. The van der Waals surface area contributed by atoms with Gasteiger partial charge in [-0.3, -0.25) is 10.1 Å². The molecule has 11 heteroatoms. The van der Waals surface area contributed by atoms with Crippen molar-refractivity contribution >= 4 is 40.5 Å². The number of nitro benzene ring substituents is 1. The first kappa shape index (κ1) is 21.2. The maximum Gasteiger partial charge on any atom is 0.400 e. The molecule has 1 saturated heterocycles. The van der Waals surface area contributed by atoms with Crippen LogP contribution in [0.2, 0.25) is 10.0 Å². The topological polar surface area (TPSA) is 83.7 Å². The highest BCUT2D eigenvalue weighted by molar-refractivity contribution is 6.34. The number of carbonyl (C=O) groups is 1. The Hall–Kier alpha value is -2.52. The molecule has 0 spiro atoms. The maximum atomic E-state index is 14.1. The highest BCUT2D eigenvalue weighted by Gasteiger charge is 2.59. The van der Waals surface area contributed by atoms with Crippen LogP contribution in [0.3, 0.4) is 0 Å². The summed E-state index contributed by atoms with van der Waals surface area (Å²) >= 11 is 11.8. The number of rotatable bonds is 4. The van der Waals surface area contributed by atoms with Crippen LogP contribution in [-0.2, 0) is 5.41 Å². The number of hydrogen-bond acceptors (Lipinski definition) is 4. The van der Waals surface area contributed by atoms with Gasteiger partial charge in [0.05, 0.1) is 4.92 Å². The normalized spacial score (nSPS) is 19.4. The van der Waals surface area contributed by atoms with Crippen molar-refractivity contribution in [2.75, 3.05) is 18.0 Å². The van der Waals surface area contributed by atoms with Gasteiger partial charge in [0.1, 0.15) is 11.0 Å². The summed E-state index contributed by atoms with van der Waals surface area (Å²) in [5, 5.41) is 20.4. The van der Waals surface area contributed by atoms with E-state index in [-0.39, 0.29) is 34.3 Å². The molecule has 2 aromatic rings. The van der Waals surface area contributed by atoms with Gasteiger partial charge in [-0.2, -0.15) is 13.2 Å². The Bertz CT molecular complexity index is 979. The molecule has 1 unspecified atom stereocenters. The summed E-state index contributed by atoms with van der Waals surface area (Å²) in [6, 6.07) is 6.99. The fourth-order valence-electron chi connectivity index (χ4n) is 3.54. The Morgan fingerprint density at radius 3 is 2.31 bits per heavy atom. The SMILES string of the molecule is O=C(O)c1ccc(N2CCC(c3cc(Cl)cc(Cl)c3)(C(F)(F)F)C2)cc1[N+](=O)[O-]. The third-order valence-electron chi connectivity index (χ3n) is 5.00. The van der Waals surface area contributed by atoms with E-state index < -0.39 is 40.3 Å². The average Bonchev–Trinajstić information content (AvgIpc) is 3.07. The van der Waals surface area contributed by atoms with Crippen LogP contribution in [0, 0.1) is 10.1 Å². The van der Waals surface area contributed by atoms with Crippen LogP contribution in [0.4, 0.5) is 24.5 Å². The molecule has 0 amide bonds. The van der Waals surface area contributed by atoms with Crippen LogP contribution < -0.4 is 4.90 Å². The van der Waals surface area contributed by atoms with Gasteiger partial charge in [-0.15, -0.1) is 0 Å². The fourth-order valence-corrected chi connectivity index (χ4v) is 4.07. The van der Waals surface area contributed by atoms with E-state index in [2.05, 4.69) is 0 Å². The van der Waals surface area contributed by atoms with Gasteiger partial charge in [0.15, 0.2) is 0 Å². The second-order valence-corrected chi connectivity index (χ2v) is 7.55. The minimum absolute atomic E-state index is 0.0484. The standard InChI is InChI=1S/C18H13Cl2F3N2O4/c19-11-5-10(6-12(20)7-11)17(18(21,22)23)3-4-24(9-17)13-1-2-14(16(26)27)15(8-13)25(28)29/h1-2,5-8H,3-4,9H2,(H,26,27). The molecule has 0 saturated carbocycles. The number of carboxylic acid groups (broad SMARTS) is 1. The van der Waals surface area contributed by atoms with Crippen LogP contribution >= 0.6 is 23.2 Å². The number of alkyl halides is 3. The van der Waals surface area contributed by atoms with Crippen molar-refractivity contribution in [2.45, 2.75) is 18.0 Å². The Morgan fingerprint density at radius 1 is 1.17 bits per heavy atom. The maximum absolute atomic E-state index is 14.1. The van der Waals surface area contributed by atoms with Crippen molar-refractivity contribution in [1.82, 2.24) is 0 Å². The van der Waals surface area contributed by atoms with Gasteiger partial charge in [0.2, 0.25) is 0 Å². The Morgan fingerprint density at radius 2 is 1.79 bits per heavy atom. The smallest absolute Gasteiger partial charge is 0.400 e. The number of carboxylic acids is 1. The van der Waals surface area contributed by atoms with Gasteiger partial charge in [0, 0.05) is 34.9 Å². The molecule has 1 atom stereocenters. The third-order valence-corrected chi connectivity index (χ3v) is 5.44. The summed E-state index contributed by atoms with van der Waals surface area (Å²) in [4.78, 5) is 22.8. The van der Waals surface area contributed by atoms with E-state index in [0.29, 0.717) is 0 Å². The summed E-state index contributed by atoms with van der Waals surface area (Å²) in [5.74, 6) is -1.50. The van der Waals surface area contributed by atoms with E-state index in [9.17, 15) is 28.1 Å². The first-order chi connectivity index (χ1) is 13.4. The number of benzene rings is 2. The van der Waals surface area contributed by atoms with Crippen molar-refractivity contribution in [3.63, 3.8) is 0 Å². The van der Waals surface area contributed by atoms with E-state index in [1.165, 1.54) is 29.2 Å². The molecule has 29 heavy (non-hydrogen) atoms. The zero-order chi connectivity index (χ0) is 21.6. The summed E-state index contributed by atoms with van der Waals surface area (Å²) in [7, 11) is 0. The van der Waals surface area contributed by atoms with Crippen molar-refractivity contribution < 1.29 is 28.0 Å². The van der Waals surface area contributed by atoms with Crippen LogP contribution in [-0.4, -0.2) is 35.3 Å². The summed E-state index contributed by atoms with van der Waals surface area (Å²) in [6.07, 6.45) is -4.95. The van der Waals surface area contributed by atoms with Crippen LogP contribution in [0.25, 0.3) is 0 Å². The van der Waals surface area contributed by atoms with Crippen molar-refractivity contribution in [3.05, 3.63) is 67.7 Å². The van der Waals surface area contributed by atoms with Crippen molar-refractivity contribution in [3.8, 4) is 0 Å². The van der Waals surface area contributed by atoms with Crippen LogP contribution in [0.15, 0.2) is 36.4 Å². The van der Waals surface area contributed by atoms with E-state index in [4.69, 9.17) is 28.3 Å². The van der Waals surface area contributed by atoms with Gasteiger partial charge in [-0.25, -0.2) is 4.79 Å². The van der Waals surface area contributed by atoms with Crippen LogP contribution in [0.1, 0.15) is 22.3 Å². The second kappa shape index (κ2) is 7.38. The summed E-state index contributed by atoms with van der Waals surface area (Å²) in [5.41, 5.74) is -3.48. The predicted octanol–water partition coefficient (Wildman–Crippen LogP) is 5.31. The molecule has 3 rings (SSSR count). The Labute approximate surface area is 172 Å². The molecule has 0 bridgehead atoms. The molecule has 1 fully saturated rings. The molecule has 1 N–H and O–H groups in total. The van der Waals surface area contributed by atoms with Gasteiger partial charge < -0.3 is 10.0 Å². The lowest BCUT2D eigenvalue weighted by Crippen LogP contribution is -2.44. The first-order valence-corrected chi connectivity index (χ1v) is 9.00. The number of halogens is 5. The molecule has 1 heterocycles. The molecule has 6 nitrogen and oxygen atoms in total. The molecule has 0 aliphatic carbocycles. The fraction of sp³-hybridized carbons (Fsp3) is 0.278. The zero-order valence-electron chi connectivity index (χ0n) is 14.5. The van der Waals surface area contributed by atoms with E-state index in [1.807, 2.05) is 0 Å². The van der Waals surface area contributed by atoms with E-state index in [1.54, 1.807) is 0 Å². The minimum atomic E-state index is -4.64. The number of anilines is 1. The Balaban J connectivity index is 2.05. The lowest BCUT2D eigenvalue weighted by Gasteiger charge is -2.33. The minimum Gasteiger partial charge on any atom is -0.477 e. The molecular weight excluding hydrogens is 436 g/mol. The molecule has 2 aromatic carbocycles. The third kappa shape index (κ3) is 3.84.